The molecule has 0 bridgehead atoms. The SMILES string of the molecule is Cc1ccc(N2C=CN(Cc3ccccc3)C2)cc1. The standard InChI is InChI=1S/C17H18N2/c1-15-7-9-17(10-8-15)19-12-11-18(14-19)13-16-5-3-2-4-6-16/h2-12H,13-14H2,1H3. The van der Waals surface area contributed by atoms with Gasteiger partial charge in [0.1, 0.15) is 0 Å². The van der Waals surface area contributed by atoms with Gasteiger partial charge in [-0.3, -0.25) is 0 Å². The van der Waals surface area contributed by atoms with Crippen LogP contribution in [0.2, 0.25) is 0 Å². The fraction of sp³-hybridized carbons (Fsp3) is 0.176. The maximum Gasteiger partial charge on any atom is 0.0945 e. The van der Waals surface area contributed by atoms with Crippen LogP contribution in [0.1, 0.15) is 11.1 Å². The molecule has 0 saturated heterocycles. The molecule has 2 aromatic rings. The van der Waals surface area contributed by atoms with Crippen molar-refractivity contribution < 1.29 is 0 Å². The molecule has 19 heavy (non-hydrogen) atoms. The second-order valence-corrected chi connectivity index (χ2v) is 4.98. The minimum Gasteiger partial charge on any atom is -0.354 e. The lowest BCUT2D eigenvalue weighted by atomic mass is 10.2. The molecule has 2 heteroatoms. The minimum atomic E-state index is 0.915. The normalized spacial score (nSPS) is 14.2. The van der Waals surface area contributed by atoms with Crippen molar-refractivity contribution in [2.24, 2.45) is 0 Å². The van der Waals surface area contributed by atoms with Crippen molar-refractivity contribution in [3.63, 3.8) is 0 Å². The molecule has 3 rings (SSSR count). The van der Waals surface area contributed by atoms with Crippen molar-refractivity contribution in [3.8, 4) is 0 Å². The molecule has 0 amide bonds. The van der Waals surface area contributed by atoms with Gasteiger partial charge in [-0.1, -0.05) is 48.0 Å². The van der Waals surface area contributed by atoms with E-state index >= 15 is 0 Å². The molecule has 0 radical (unpaired) electrons. The summed E-state index contributed by atoms with van der Waals surface area (Å²) in [7, 11) is 0. The van der Waals surface area contributed by atoms with Gasteiger partial charge in [-0.2, -0.15) is 0 Å². The summed E-state index contributed by atoms with van der Waals surface area (Å²) in [4.78, 5) is 4.58. The fourth-order valence-electron chi connectivity index (χ4n) is 2.29. The molecule has 0 N–H and O–H groups in total. The number of anilines is 1. The zero-order valence-electron chi connectivity index (χ0n) is 11.2. The van der Waals surface area contributed by atoms with Gasteiger partial charge in [-0.25, -0.2) is 0 Å². The van der Waals surface area contributed by atoms with Crippen molar-refractivity contribution in [1.29, 1.82) is 0 Å². The van der Waals surface area contributed by atoms with Crippen molar-refractivity contribution in [3.05, 3.63) is 78.1 Å². The maximum atomic E-state index is 2.31. The Kier molecular flexibility index (Phi) is 3.23. The Bertz CT molecular complexity index is 558. The number of nitrogens with zero attached hydrogens (tertiary/aromatic N) is 2. The Morgan fingerprint density at radius 3 is 2.37 bits per heavy atom. The van der Waals surface area contributed by atoms with Gasteiger partial charge in [-0.15, -0.1) is 0 Å². The predicted molar refractivity (Wildman–Crippen MR) is 79.7 cm³/mol. The van der Waals surface area contributed by atoms with Crippen LogP contribution in [0.4, 0.5) is 5.69 Å². The first-order chi connectivity index (χ1) is 9.31. The van der Waals surface area contributed by atoms with Gasteiger partial charge in [0.2, 0.25) is 0 Å². The van der Waals surface area contributed by atoms with Crippen LogP contribution in [0.15, 0.2) is 67.0 Å². The Labute approximate surface area is 114 Å². The molecule has 1 heterocycles. The zero-order valence-corrected chi connectivity index (χ0v) is 11.2. The van der Waals surface area contributed by atoms with E-state index in [4.69, 9.17) is 0 Å². The van der Waals surface area contributed by atoms with Crippen LogP contribution in [-0.2, 0) is 6.54 Å². The lowest BCUT2D eigenvalue weighted by Gasteiger charge is -2.21. The molecule has 0 unspecified atom stereocenters. The second-order valence-electron chi connectivity index (χ2n) is 4.98. The van der Waals surface area contributed by atoms with E-state index in [9.17, 15) is 0 Å². The summed E-state index contributed by atoms with van der Waals surface area (Å²) >= 11 is 0. The average molecular weight is 250 g/mol. The molecule has 0 fully saturated rings. The average Bonchev–Trinajstić information content (AvgIpc) is 2.89. The number of hydrogen-bond donors (Lipinski definition) is 0. The summed E-state index contributed by atoms with van der Waals surface area (Å²) in [6, 6.07) is 19.2. The smallest absolute Gasteiger partial charge is 0.0945 e. The molecule has 0 atom stereocenters. The van der Waals surface area contributed by atoms with E-state index in [0.717, 1.165) is 13.2 Å². The summed E-state index contributed by atoms with van der Waals surface area (Å²) in [6.45, 7) is 3.99. The minimum absolute atomic E-state index is 0.915. The molecule has 0 aliphatic carbocycles. The van der Waals surface area contributed by atoms with Crippen LogP contribution in [0.25, 0.3) is 0 Å². The zero-order chi connectivity index (χ0) is 13.1. The van der Waals surface area contributed by atoms with Gasteiger partial charge < -0.3 is 9.80 Å². The number of aryl methyl sites for hydroxylation is 1. The molecule has 1 aliphatic rings. The Hall–Kier alpha value is -2.22. The monoisotopic (exact) mass is 250 g/mol. The predicted octanol–water partition coefficient (Wildman–Crippen LogP) is 3.75. The van der Waals surface area contributed by atoms with E-state index in [1.165, 1.54) is 16.8 Å². The van der Waals surface area contributed by atoms with Gasteiger partial charge in [0.05, 0.1) is 6.67 Å². The molecular weight excluding hydrogens is 232 g/mol. The molecule has 0 aromatic heterocycles. The first-order valence-corrected chi connectivity index (χ1v) is 6.61. The highest BCUT2D eigenvalue weighted by Crippen LogP contribution is 2.20. The Balaban J connectivity index is 1.65. The highest BCUT2D eigenvalue weighted by atomic mass is 15.3. The summed E-state index contributed by atoms with van der Waals surface area (Å²) in [5, 5.41) is 0. The van der Waals surface area contributed by atoms with Crippen LogP contribution < -0.4 is 4.90 Å². The third kappa shape index (κ3) is 2.79. The largest absolute Gasteiger partial charge is 0.354 e. The molecule has 1 aliphatic heterocycles. The lowest BCUT2D eigenvalue weighted by molar-refractivity contribution is 0.400. The fourth-order valence-corrected chi connectivity index (χ4v) is 2.29. The van der Waals surface area contributed by atoms with E-state index in [2.05, 4.69) is 83.7 Å². The highest BCUT2D eigenvalue weighted by Gasteiger charge is 2.13. The molecule has 2 aromatic carbocycles. The van der Waals surface area contributed by atoms with Crippen LogP contribution in [-0.4, -0.2) is 11.6 Å². The summed E-state index contributed by atoms with van der Waals surface area (Å²) in [5.74, 6) is 0. The quantitative estimate of drug-likeness (QED) is 0.818. The van der Waals surface area contributed by atoms with E-state index in [0.29, 0.717) is 0 Å². The van der Waals surface area contributed by atoms with Gasteiger partial charge in [0.25, 0.3) is 0 Å². The van der Waals surface area contributed by atoms with Gasteiger partial charge in [0.15, 0.2) is 0 Å². The van der Waals surface area contributed by atoms with Crippen LogP contribution in [0.5, 0.6) is 0 Å². The summed E-state index contributed by atoms with van der Waals surface area (Å²) < 4.78 is 0. The van der Waals surface area contributed by atoms with Crippen molar-refractivity contribution in [2.45, 2.75) is 13.5 Å². The van der Waals surface area contributed by atoms with Gasteiger partial charge in [-0.05, 0) is 24.6 Å². The van der Waals surface area contributed by atoms with E-state index in [-0.39, 0.29) is 0 Å². The third-order valence-electron chi connectivity index (χ3n) is 3.39. The summed E-state index contributed by atoms with van der Waals surface area (Å²) in [5.41, 5.74) is 3.89. The van der Waals surface area contributed by atoms with E-state index in [1.807, 2.05) is 0 Å². The molecule has 0 spiro atoms. The number of hydrogen-bond acceptors (Lipinski definition) is 2. The molecular formula is C17H18N2. The van der Waals surface area contributed by atoms with Crippen LogP contribution in [0, 0.1) is 6.92 Å². The second kappa shape index (κ2) is 5.19. The molecule has 0 saturated carbocycles. The van der Waals surface area contributed by atoms with E-state index < -0.39 is 0 Å². The summed E-state index contributed by atoms with van der Waals surface area (Å²) in [6.07, 6.45) is 4.31. The topological polar surface area (TPSA) is 6.48 Å². The number of benzene rings is 2. The van der Waals surface area contributed by atoms with Gasteiger partial charge >= 0.3 is 0 Å². The van der Waals surface area contributed by atoms with Crippen molar-refractivity contribution >= 4 is 5.69 Å². The van der Waals surface area contributed by atoms with Crippen molar-refractivity contribution in [1.82, 2.24) is 4.90 Å². The van der Waals surface area contributed by atoms with Crippen LogP contribution >= 0.6 is 0 Å². The Morgan fingerprint density at radius 1 is 0.895 bits per heavy atom. The first-order valence-electron chi connectivity index (χ1n) is 6.61. The first kappa shape index (κ1) is 11.8. The lowest BCUT2D eigenvalue weighted by Crippen LogP contribution is -2.24. The van der Waals surface area contributed by atoms with Gasteiger partial charge in [0, 0.05) is 24.6 Å². The van der Waals surface area contributed by atoms with Crippen LogP contribution in [0.3, 0.4) is 0 Å². The van der Waals surface area contributed by atoms with E-state index in [1.54, 1.807) is 0 Å². The Morgan fingerprint density at radius 2 is 1.63 bits per heavy atom. The molecule has 96 valence electrons. The highest BCUT2D eigenvalue weighted by molar-refractivity contribution is 5.51. The maximum absolute atomic E-state index is 2.31. The van der Waals surface area contributed by atoms with Crippen molar-refractivity contribution in [2.75, 3.05) is 11.6 Å². The third-order valence-corrected chi connectivity index (χ3v) is 3.39. The number of rotatable bonds is 3. The molecule has 2 nitrogen and oxygen atoms in total.